The zero-order chi connectivity index (χ0) is 24.4. The van der Waals surface area contributed by atoms with Crippen molar-refractivity contribution >= 4 is 34.8 Å². The molecular weight excluding hydrogens is 450 g/mol. The maximum Gasteiger partial charge on any atom is 0.161 e. The van der Waals surface area contributed by atoms with Crippen LogP contribution in [-0.2, 0) is 4.74 Å². The van der Waals surface area contributed by atoms with Gasteiger partial charge >= 0.3 is 0 Å². The van der Waals surface area contributed by atoms with Crippen LogP contribution in [0.3, 0.4) is 0 Å². The third-order valence-corrected chi connectivity index (χ3v) is 6.83. The highest BCUT2D eigenvalue weighted by atomic mass is 19.2. The SMILES string of the molecule is COC1CCC(Nc2cc(N3CCCC3)nc(C=Cc3nc4cc(F)c(F)cc4nc3C)n2)CC1. The summed E-state index contributed by atoms with van der Waals surface area (Å²) < 4.78 is 32.8. The van der Waals surface area contributed by atoms with Crippen molar-refractivity contribution in [3.63, 3.8) is 0 Å². The van der Waals surface area contributed by atoms with Gasteiger partial charge in [-0.15, -0.1) is 0 Å². The van der Waals surface area contributed by atoms with Crippen molar-refractivity contribution in [1.29, 1.82) is 0 Å². The number of ether oxygens (including phenoxy) is 1. The molecule has 0 spiro atoms. The van der Waals surface area contributed by atoms with Gasteiger partial charge in [0, 0.05) is 44.4 Å². The van der Waals surface area contributed by atoms with Gasteiger partial charge in [-0.3, -0.25) is 0 Å². The topological polar surface area (TPSA) is 76.1 Å². The fourth-order valence-electron chi connectivity index (χ4n) is 4.83. The summed E-state index contributed by atoms with van der Waals surface area (Å²) in [6.45, 7) is 3.75. The summed E-state index contributed by atoms with van der Waals surface area (Å²) in [4.78, 5) is 20.7. The number of anilines is 2. The molecule has 0 atom stereocenters. The van der Waals surface area contributed by atoms with Crippen molar-refractivity contribution < 1.29 is 13.5 Å². The molecule has 0 amide bonds. The van der Waals surface area contributed by atoms with Crippen LogP contribution in [0.4, 0.5) is 20.4 Å². The number of nitrogens with one attached hydrogen (secondary N) is 1. The summed E-state index contributed by atoms with van der Waals surface area (Å²) in [5.74, 6) is 0.402. The fraction of sp³-hybridized carbons (Fsp3) is 0.462. The first-order valence-electron chi connectivity index (χ1n) is 12.2. The summed E-state index contributed by atoms with van der Waals surface area (Å²) in [7, 11) is 1.78. The molecule has 1 aromatic carbocycles. The number of aromatic nitrogens is 4. The summed E-state index contributed by atoms with van der Waals surface area (Å²) >= 11 is 0. The van der Waals surface area contributed by atoms with Crippen molar-refractivity contribution in [2.45, 2.75) is 57.6 Å². The third kappa shape index (κ3) is 5.40. The van der Waals surface area contributed by atoms with Gasteiger partial charge in [-0.05, 0) is 57.6 Å². The van der Waals surface area contributed by atoms with E-state index >= 15 is 0 Å². The van der Waals surface area contributed by atoms with E-state index in [2.05, 4.69) is 20.2 Å². The second-order valence-corrected chi connectivity index (χ2v) is 9.30. The van der Waals surface area contributed by atoms with Crippen molar-refractivity contribution in [1.82, 2.24) is 19.9 Å². The summed E-state index contributed by atoms with van der Waals surface area (Å²) in [5, 5.41) is 3.60. The molecule has 2 aliphatic rings. The van der Waals surface area contributed by atoms with E-state index in [4.69, 9.17) is 14.7 Å². The third-order valence-electron chi connectivity index (χ3n) is 6.83. The van der Waals surface area contributed by atoms with E-state index in [-0.39, 0.29) is 0 Å². The molecule has 7 nitrogen and oxygen atoms in total. The highest BCUT2D eigenvalue weighted by Gasteiger charge is 2.22. The summed E-state index contributed by atoms with van der Waals surface area (Å²) in [6, 6.07) is 4.52. The highest BCUT2D eigenvalue weighted by Crippen LogP contribution is 2.26. The zero-order valence-electron chi connectivity index (χ0n) is 20.1. The van der Waals surface area contributed by atoms with Gasteiger partial charge in [0.2, 0.25) is 0 Å². The first-order chi connectivity index (χ1) is 17.0. The molecule has 9 heteroatoms. The van der Waals surface area contributed by atoms with Crippen LogP contribution in [0.15, 0.2) is 18.2 Å². The number of methoxy groups -OCH3 is 1. The molecule has 1 aliphatic carbocycles. The molecule has 3 heterocycles. The van der Waals surface area contributed by atoms with Crippen LogP contribution in [0.5, 0.6) is 0 Å². The molecule has 1 aliphatic heterocycles. The van der Waals surface area contributed by atoms with Crippen LogP contribution < -0.4 is 10.2 Å². The van der Waals surface area contributed by atoms with E-state index in [0.29, 0.717) is 40.4 Å². The minimum atomic E-state index is -0.942. The Morgan fingerprint density at radius 2 is 1.60 bits per heavy atom. The van der Waals surface area contributed by atoms with E-state index in [0.717, 1.165) is 75.4 Å². The van der Waals surface area contributed by atoms with E-state index in [9.17, 15) is 8.78 Å². The predicted octanol–water partition coefficient (Wildman–Crippen LogP) is 5.15. The Bertz CT molecular complexity index is 1240. The summed E-state index contributed by atoms with van der Waals surface area (Å²) in [5.41, 5.74) is 1.80. The fourth-order valence-corrected chi connectivity index (χ4v) is 4.83. The van der Waals surface area contributed by atoms with E-state index in [1.54, 1.807) is 26.2 Å². The Balaban J connectivity index is 1.42. The van der Waals surface area contributed by atoms with Gasteiger partial charge in [0.25, 0.3) is 0 Å². The zero-order valence-corrected chi connectivity index (χ0v) is 20.1. The average Bonchev–Trinajstić information content (AvgIpc) is 3.40. The molecule has 1 saturated heterocycles. The van der Waals surface area contributed by atoms with Crippen LogP contribution in [0.25, 0.3) is 23.2 Å². The number of halogens is 2. The van der Waals surface area contributed by atoms with Gasteiger partial charge in [-0.2, -0.15) is 0 Å². The standard InChI is InChI=1S/C26H30F2N6O/c1-16-21(31-23-14-20(28)19(27)13-22(23)29-16)9-10-24-32-25(15-26(33-24)34-11-3-4-12-34)30-17-5-7-18(35-2)8-6-17/h9-10,13-15,17-18H,3-8,11-12H2,1-2H3,(H,30,32,33). The lowest BCUT2D eigenvalue weighted by molar-refractivity contribution is 0.0681. The van der Waals surface area contributed by atoms with Crippen molar-refractivity contribution in [2.24, 2.45) is 0 Å². The predicted molar refractivity (Wildman–Crippen MR) is 133 cm³/mol. The Kier molecular flexibility index (Phi) is 6.86. The molecule has 3 aromatic rings. The van der Waals surface area contributed by atoms with Crippen molar-refractivity contribution in [3.8, 4) is 0 Å². The van der Waals surface area contributed by atoms with Crippen molar-refractivity contribution in [3.05, 3.63) is 47.0 Å². The molecule has 0 bridgehead atoms. The number of nitrogens with zero attached hydrogens (tertiary/aromatic N) is 5. The monoisotopic (exact) mass is 480 g/mol. The Labute approximate surface area is 203 Å². The minimum Gasteiger partial charge on any atom is -0.381 e. The number of rotatable bonds is 6. The molecule has 35 heavy (non-hydrogen) atoms. The van der Waals surface area contributed by atoms with Crippen LogP contribution in [0.1, 0.15) is 55.7 Å². The smallest absolute Gasteiger partial charge is 0.161 e. The van der Waals surface area contributed by atoms with E-state index < -0.39 is 11.6 Å². The van der Waals surface area contributed by atoms with Gasteiger partial charge in [0.15, 0.2) is 17.5 Å². The van der Waals surface area contributed by atoms with Gasteiger partial charge in [-0.1, -0.05) is 0 Å². The number of aryl methyl sites for hydroxylation is 1. The number of hydrogen-bond donors (Lipinski definition) is 1. The lowest BCUT2D eigenvalue weighted by Gasteiger charge is -2.29. The van der Waals surface area contributed by atoms with E-state index in [1.807, 2.05) is 6.07 Å². The van der Waals surface area contributed by atoms with Gasteiger partial charge in [0.1, 0.15) is 11.6 Å². The number of benzene rings is 1. The second kappa shape index (κ2) is 10.2. The lowest BCUT2D eigenvalue weighted by Crippen LogP contribution is -2.30. The van der Waals surface area contributed by atoms with Crippen LogP contribution in [-0.4, -0.2) is 52.3 Å². The van der Waals surface area contributed by atoms with Gasteiger partial charge < -0.3 is 15.0 Å². The molecule has 2 aromatic heterocycles. The maximum atomic E-state index is 13.7. The van der Waals surface area contributed by atoms with Crippen LogP contribution >= 0.6 is 0 Å². The molecule has 1 N–H and O–H groups in total. The molecule has 0 unspecified atom stereocenters. The largest absolute Gasteiger partial charge is 0.381 e. The molecule has 1 saturated carbocycles. The first-order valence-corrected chi connectivity index (χ1v) is 12.2. The lowest BCUT2D eigenvalue weighted by atomic mass is 9.93. The highest BCUT2D eigenvalue weighted by molar-refractivity contribution is 5.77. The van der Waals surface area contributed by atoms with Gasteiger partial charge in [0.05, 0.1) is 28.5 Å². The Morgan fingerprint density at radius 1 is 0.914 bits per heavy atom. The number of fused-ring (bicyclic) bond motifs is 1. The minimum absolute atomic E-state index is 0.301. The quantitative estimate of drug-likeness (QED) is 0.523. The van der Waals surface area contributed by atoms with Crippen LogP contribution in [0, 0.1) is 18.6 Å². The number of hydrogen-bond acceptors (Lipinski definition) is 7. The first kappa shape index (κ1) is 23.5. The normalized spacial score (nSPS) is 20.7. The molecular formula is C26H30F2N6O. The Morgan fingerprint density at radius 3 is 2.29 bits per heavy atom. The second-order valence-electron chi connectivity index (χ2n) is 9.30. The molecule has 5 rings (SSSR count). The molecule has 184 valence electrons. The van der Waals surface area contributed by atoms with Gasteiger partial charge in [-0.25, -0.2) is 28.7 Å². The average molecular weight is 481 g/mol. The molecule has 0 radical (unpaired) electrons. The summed E-state index contributed by atoms with van der Waals surface area (Å²) in [6.07, 6.45) is 10.4. The van der Waals surface area contributed by atoms with Crippen LogP contribution in [0.2, 0.25) is 0 Å². The Hall–Kier alpha value is -3.20. The molecule has 2 fully saturated rings. The van der Waals surface area contributed by atoms with Crippen molar-refractivity contribution in [2.75, 3.05) is 30.4 Å². The van der Waals surface area contributed by atoms with E-state index in [1.165, 1.54) is 0 Å². The maximum absolute atomic E-state index is 13.7.